The fraction of sp³-hybridized carbons (Fsp3) is 0.227. The van der Waals surface area contributed by atoms with Gasteiger partial charge in [-0.05, 0) is 12.8 Å². The molecule has 1 fully saturated rings. The predicted octanol–water partition coefficient (Wildman–Crippen LogP) is 4.99. The molecule has 0 saturated carbocycles. The largest absolute Gasteiger partial charge is 0.376 e. The van der Waals surface area contributed by atoms with Crippen molar-refractivity contribution in [3.05, 3.63) is 65.7 Å². The third-order valence-corrected chi connectivity index (χ3v) is 5.46. The summed E-state index contributed by atoms with van der Waals surface area (Å²) in [7, 11) is 0. The third-order valence-electron chi connectivity index (χ3n) is 5.09. The van der Waals surface area contributed by atoms with Crippen molar-refractivity contribution < 1.29 is 4.74 Å². The summed E-state index contributed by atoms with van der Waals surface area (Å²) in [4.78, 5) is 0. The first-order valence-electron chi connectivity index (χ1n) is 9.46. The van der Waals surface area contributed by atoms with Crippen LogP contribution in [0.25, 0.3) is 33.5 Å². The fourth-order valence-electron chi connectivity index (χ4n) is 3.70. The Bertz CT molecular complexity index is 1110. The Kier molecular flexibility index (Phi) is 4.55. The monoisotopic (exact) mass is 390 g/mol. The second-order valence-electron chi connectivity index (χ2n) is 6.96. The number of ether oxygens (including phenoxy) is 1. The molecule has 0 amide bonds. The van der Waals surface area contributed by atoms with Gasteiger partial charge in [-0.3, -0.25) is 0 Å². The summed E-state index contributed by atoms with van der Waals surface area (Å²) in [5, 5.41) is 15.2. The van der Waals surface area contributed by atoms with E-state index >= 15 is 0 Å². The van der Waals surface area contributed by atoms with Crippen LogP contribution in [0.5, 0.6) is 0 Å². The predicted molar refractivity (Wildman–Crippen MR) is 110 cm³/mol. The Balaban J connectivity index is 1.71. The molecule has 3 heterocycles. The molecule has 2 aromatic carbocycles. The smallest absolute Gasteiger partial charge is 0.182 e. The van der Waals surface area contributed by atoms with Crippen molar-refractivity contribution >= 4 is 22.6 Å². The van der Waals surface area contributed by atoms with E-state index in [0.717, 1.165) is 41.7 Å². The van der Waals surface area contributed by atoms with Crippen LogP contribution in [-0.4, -0.2) is 32.7 Å². The number of halogens is 1. The quantitative estimate of drug-likeness (QED) is 0.492. The summed E-state index contributed by atoms with van der Waals surface area (Å²) in [6, 6.07) is 20.0. The molecule has 1 atom stereocenters. The topological polar surface area (TPSA) is 52.8 Å². The number of aromatic nitrogens is 4. The van der Waals surface area contributed by atoms with Gasteiger partial charge < -0.3 is 4.74 Å². The van der Waals surface area contributed by atoms with E-state index in [9.17, 15) is 0 Å². The molecule has 1 aliphatic heterocycles. The van der Waals surface area contributed by atoms with Crippen molar-refractivity contribution in [3.8, 4) is 22.5 Å². The fourth-order valence-corrected chi connectivity index (χ4v) is 4.02. The number of rotatable bonds is 4. The van der Waals surface area contributed by atoms with E-state index in [1.54, 1.807) is 0 Å². The van der Waals surface area contributed by atoms with E-state index < -0.39 is 0 Å². The molecule has 6 heteroatoms. The van der Waals surface area contributed by atoms with Gasteiger partial charge in [-0.15, -0.1) is 10.2 Å². The van der Waals surface area contributed by atoms with Crippen molar-refractivity contribution in [3.63, 3.8) is 0 Å². The first-order valence-corrected chi connectivity index (χ1v) is 9.84. The van der Waals surface area contributed by atoms with Crippen molar-refractivity contribution in [2.24, 2.45) is 0 Å². The molecule has 4 aromatic rings. The maximum absolute atomic E-state index is 6.87. The minimum atomic E-state index is 0.154. The van der Waals surface area contributed by atoms with Crippen molar-refractivity contribution in [1.82, 2.24) is 20.0 Å². The first kappa shape index (κ1) is 17.3. The standard InChI is InChI=1S/C22H19ClN4O/c23-19-18-20(15-8-3-1-4-9-15)26-27(14-17-12-7-13-28-17)22(18)25-24-21(19)16-10-5-2-6-11-16/h1-6,8-11,17H,7,12-14H2. The maximum atomic E-state index is 6.87. The van der Waals surface area contributed by atoms with Gasteiger partial charge in [0.15, 0.2) is 5.65 Å². The number of fused-ring (bicyclic) bond motifs is 1. The second kappa shape index (κ2) is 7.34. The van der Waals surface area contributed by atoms with Gasteiger partial charge in [-0.1, -0.05) is 72.3 Å². The van der Waals surface area contributed by atoms with Gasteiger partial charge in [0.2, 0.25) is 0 Å². The van der Waals surface area contributed by atoms with E-state index in [-0.39, 0.29) is 6.10 Å². The van der Waals surface area contributed by atoms with Crippen LogP contribution >= 0.6 is 11.6 Å². The van der Waals surface area contributed by atoms with Crippen molar-refractivity contribution in [2.75, 3.05) is 6.61 Å². The van der Waals surface area contributed by atoms with Gasteiger partial charge >= 0.3 is 0 Å². The Hall–Kier alpha value is -2.76. The van der Waals surface area contributed by atoms with Crippen LogP contribution in [0.3, 0.4) is 0 Å². The molecule has 2 aromatic heterocycles. The molecule has 5 rings (SSSR count). The van der Waals surface area contributed by atoms with Crippen LogP contribution < -0.4 is 0 Å². The minimum Gasteiger partial charge on any atom is -0.376 e. The lowest BCUT2D eigenvalue weighted by Crippen LogP contribution is -2.16. The van der Waals surface area contributed by atoms with Gasteiger partial charge in [-0.25, -0.2) is 4.68 Å². The summed E-state index contributed by atoms with van der Waals surface area (Å²) in [6.07, 6.45) is 2.27. The molecule has 28 heavy (non-hydrogen) atoms. The van der Waals surface area contributed by atoms with E-state index in [0.29, 0.717) is 22.9 Å². The Morgan fingerprint density at radius 1 is 0.929 bits per heavy atom. The van der Waals surface area contributed by atoms with Crippen LogP contribution in [0.4, 0.5) is 0 Å². The third kappa shape index (κ3) is 3.07. The Labute approximate surface area is 167 Å². The molecule has 5 nitrogen and oxygen atoms in total. The van der Waals surface area contributed by atoms with Crippen LogP contribution in [0.2, 0.25) is 5.02 Å². The summed E-state index contributed by atoms with van der Waals surface area (Å²) >= 11 is 6.87. The maximum Gasteiger partial charge on any atom is 0.182 e. The Morgan fingerprint density at radius 3 is 2.25 bits per heavy atom. The average molecular weight is 391 g/mol. The van der Waals surface area contributed by atoms with Gasteiger partial charge in [-0.2, -0.15) is 5.10 Å². The first-order chi connectivity index (χ1) is 13.8. The summed E-state index contributed by atoms with van der Waals surface area (Å²) in [5.41, 5.74) is 4.13. The van der Waals surface area contributed by atoms with Crippen molar-refractivity contribution in [1.29, 1.82) is 0 Å². The highest BCUT2D eigenvalue weighted by Gasteiger charge is 2.24. The lowest BCUT2D eigenvalue weighted by Gasteiger charge is -2.10. The van der Waals surface area contributed by atoms with E-state index in [4.69, 9.17) is 21.4 Å². The van der Waals surface area contributed by atoms with E-state index in [2.05, 4.69) is 10.2 Å². The molecule has 0 spiro atoms. The van der Waals surface area contributed by atoms with E-state index in [1.165, 1.54) is 0 Å². The number of hydrogen-bond donors (Lipinski definition) is 0. The van der Waals surface area contributed by atoms with Gasteiger partial charge in [0, 0.05) is 17.7 Å². The van der Waals surface area contributed by atoms with Crippen LogP contribution in [0.15, 0.2) is 60.7 Å². The summed E-state index contributed by atoms with van der Waals surface area (Å²) in [5.74, 6) is 0. The molecular formula is C22H19ClN4O. The minimum absolute atomic E-state index is 0.154. The highest BCUT2D eigenvalue weighted by Crippen LogP contribution is 2.37. The Morgan fingerprint density at radius 2 is 1.61 bits per heavy atom. The molecule has 0 radical (unpaired) electrons. The lowest BCUT2D eigenvalue weighted by atomic mass is 10.1. The normalized spacial score (nSPS) is 16.7. The SMILES string of the molecule is Clc1c(-c2ccccc2)nnc2c1c(-c1ccccc1)nn2CC1CCCO1. The zero-order valence-corrected chi connectivity index (χ0v) is 16.0. The number of hydrogen-bond acceptors (Lipinski definition) is 4. The number of nitrogens with zero attached hydrogens (tertiary/aromatic N) is 4. The molecule has 1 saturated heterocycles. The summed E-state index contributed by atoms with van der Waals surface area (Å²) in [6.45, 7) is 1.46. The van der Waals surface area contributed by atoms with Crippen LogP contribution in [0, 0.1) is 0 Å². The van der Waals surface area contributed by atoms with Gasteiger partial charge in [0.1, 0.15) is 11.4 Å². The summed E-state index contributed by atoms with van der Waals surface area (Å²) < 4.78 is 7.69. The zero-order valence-electron chi connectivity index (χ0n) is 15.3. The van der Waals surface area contributed by atoms with Crippen LogP contribution in [-0.2, 0) is 11.3 Å². The zero-order chi connectivity index (χ0) is 18.9. The molecular weight excluding hydrogens is 372 g/mol. The molecule has 140 valence electrons. The number of benzene rings is 2. The van der Waals surface area contributed by atoms with E-state index in [1.807, 2.05) is 65.3 Å². The van der Waals surface area contributed by atoms with Gasteiger partial charge in [0.25, 0.3) is 0 Å². The molecule has 0 N–H and O–H groups in total. The highest BCUT2D eigenvalue weighted by atomic mass is 35.5. The average Bonchev–Trinajstić information content (AvgIpc) is 3.39. The highest BCUT2D eigenvalue weighted by molar-refractivity contribution is 6.38. The lowest BCUT2D eigenvalue weighted by molar-refractivity contribution is 0.0950. The molecule has 0 aliphatic carbocycles. The van der Waals surface area contributed by atoms with Crippen molar-refractivity contribution in [2.45, 2.75) is 25.5 Å². The van der Waals surface area contributed by atoms with Gasteiger partial charge in [0.05, 0.1) is 23.1 Å². The molecule has 1 aliphatic rings. The molecule has 0 bridgehead atoms. The van der Waals surface area contributed by atoms with Crippen LogP contribution in [0.1, 0.15) is 12.8 Å². The second-order valence-corrected chi connectivity index (χ2v) is 7.34. The molecule has 1 unspecified atom stereocenters.